The summed E-state index contributed by atoms with van der Waals surface area (Å²) in [6.45, 7) is 0. The van der Waals surface area contributed by atoms with Crippen molar-refractivity contribution < 1.29 is 25.5 Å². The maximum absolute atomic E-state index is 10.3. The van der Waals surface area contributed by atoms with Gasteiger partial charge in [-0.1, -0.05) is 0 Å². The molecular formula is C6H8NO4-. The van der Waals surface area contributed by atoms with Crippen molar-refractivity contribution in [2.24, 2.45) is 5.92 Å². The van der Waals surface area contributed by atoms with Crippen LogP contribution in [0.3, 0.4) is 0 Å². The Morgan fingerprint density at radius 2 is 1.82 bits per heavy atom. The fraction of sp³-hybridized carbons (Fsp3) is 0.667. The summed E-state index contributed by atoms with van der Waals surface area (Å²) in [6.07, 6.45) is 0.0509. The lowest BCUT2D eigenvalue weighted by Gasteiger charge is -2.42. The van der Waals surface area contributed by atoms with Gasteiger partial charge in [-0.3, -0.25) is 0 Å². The number of hydrogen-bond acceptors (Lipinski definition) is 4. The second kappa shape index (κ2) is 2.20. The van der Waals surface area contributed by atoms with Crippen LogP contribution in [-0.4, -0.2) is 17.5 Å². The highest BCUT2D eigenvalue weighted by Gasteiger charge is 2.46. The highest BCUT2D eigenvalue weighted by Crippen LogP contribution is 2.33. The van der Waals surface area contributed by atoms with Crippen LogP contribution in [0.25, 0.3) is 0 Å². The number of quaternary nitrogens is 1. The molecule has 3 N–H and O–H groups in total. The van der Waals surface area contributed by atoms with Crippen molar-refractivity contribution in [3.05, 3.63) is 0 Å². The first-order valence-electron chi connectivity index (χ1n) is 3.23. The minimum absolute atomic E-state index is 0.0255. The summed E-state index contributed by atoms with van der Waals surface area (Å²) in [5.41, 5.74) is 2.16. The van der Waals surface area contributed by atoms with Crippen LogP contribution in [0.15, 0.2) is 0 Å². The van der Waals surface area contributed by atoms with Crippen molar-refractivity contribution >= 4 is 11.9 Å². The average Bonchev–Trinajstić information content (AvgIpc) is 1.79. The van der Waals surface area contributed by atoms with Crippen molar-refractivity contribution in [2.45, 2.75) is 18.4 Å². The molecule has 0 aromatic carbocycles. The van der Waals surface area contributed by atoms with E-state index in [0.717, 1.165) is 0 Å². The van der Waals surface area contributed by atoms with E-state index in [-0.39, 0.29) is 12.8 Å². The summed E-state index contributed by atoms with van der Waals surface area (Å²) < 4.78 is 0. The summed E-state index contributed by atoms with van der Waals surface area (Å²) in [5.74, 6) is -3.15. The van der Waals surface area contributed by atoms with Gasteiger partial charge in [0.2, 0.25) is 0 Å². The SMILES string of the molecule is [NH3+]C1(C(=O)[O-])CC(C(=O)[O-])C1. The summed E-state index contributed by atoms with van der Waals surface area (Å²) >= 11 is 0. The monoisotopic (exact) mass is 158 g/mol. The van der Waals surface area contributed by atoms with Crippen molar-refractivity contribution in [1.82, 2.24) is 0 Å². The van der Waals surface area contributed by atoms with Gasteiger partial charge in [0.05, 0.1) is 0 Å². The standard InChI is InChI=1S/C6H9NO4/c7-6(5(10)11)1-3(2-6)4(8)9/h3H,1-2,7H2,(H,8,9)(H,10,11)/p-1. The summed E-state index contributed by atoms with van der Waals surface area (Å²) in [4.78, 5) is 20.4. The zero-order chi connectivity index (χ0) is 8.65. The van der Waals surface area contributed by atoms with Crippen molar-refractivity contribution in [1.29, 1.82) is 0 Å². The molecule has 1 rings (SSSR count). The van der Waals surface area contributed by atoms with Gasteiger partial charge in [-0.2, -0.15) is 0 Å². The van der Waals surface area contributed by atoms with Gasteiger partial charge in [0.15, 0.2) is 0 Å². The van der Waals surface area contributed by atoms with E-state index in [1.165, 1.54) is 0 Å². The number of carbonyl (C=O) groups excluding carboxylic acids is 2. The predicted octanol–water partition coefficient (Wildman–Crippen LogP) is -4.12. The minimum atomic E-state index is -1.28. The second-order valence-electron chi connectivity index (χ2n) is 2.99. The van der Waals surface area contributed by atoms with Crippen molar-refractivity contribution in [3.8, 4) is 0 Å². The molecule has 62 valence electrons. The van der Waals surface area contributed by atoms with E-state index < -0.39 is 23.4 Å². The van der Waals surface area contributed by atoms with Crippen LogP contribution >= 0.6 is 0 Å². The molecule has 0 radical (unpaired) electrons. The number of rotatable bonds is 2. The van der Waals surface area contributed by atoms with E-state index in [0.29, 0.717) is 0 Å². The maximum atomic E-state index is 10.3. The first-order valence-corrected chi connectivity index (χ1v) is 3.23. The zero-order valence-corrected chi connectivity index (χ0v) is 5.83. The average molecular weight is 158 g/mol. The van der Waals surface area contributed by atoms with Crippen LogP contribution < -0.4 is 15.9 Å². The Morgan fingerprint density at radius 1 is 1.36 bits per heavy atom. The van der Waals surface area contributed by atoms with Gasteiger partial charge >= 0.3 is 0 Å². The lowest BCUT2D eigenvalue weighted by atomic mass is 9.69. The van der Waals surface area contributed by atoms with Gasteiger partial charge in [-0.25, -0.2) is 0 Å². The predicted molar refractivity (Wildman–Crippen MR) is 28.4 cm³/mol. The molecule has 1 fully saturated rings. The lowest BCUT2D eigenvalue weighted by molar-refractivity contribution is -0.510. The van der Waals surface area contributed by atoms with Crippen LogP contribution in [0, 0.1) is 5.92 Å². The molecule has 0 saturated heterocycles. The van der Waals surface area contributed by atoms with E-state index in [1.807, 2.05) is 0 Å². The van der Waals surface area contributed by atoms with Gasteiger partial charge in [0, 0.05) is 24.7 Å². The van der Waals surface area contributed by atoms with Crippen LogP contribution in [0.4, 0.5) is 0 Å². The summed E-state index contributed by atoms with van der Waals surface area (Å²) in [5, 5.41) is 20.4. The van der Waals surface area contributed by atoms with Crippen LogP contribution in [-0.2, 0) is 9.59 Å². The molecule has 5 nitrogen and oxygen atoms in total. The number of aliphatic carboxylic acids is 2. The fourth-order valence-electron chi connectivity index (χ4n) is 1.22. The largest absolute Gasteiger partial charge is 0.550 e. The van der Waals surface area contributed by atoms with E-state index >= 15 is 0 Å². The molecule has 0 spiro atoms. The Hall–Kier alpha value is -1.10. The molecule has 5 heteroatoms. The first-order chi connectivity index (χ1) is 4.96. The van der Waals surface area contributed by atoms with E-state index in [1.54, 1.807) is 0 Å². The Balaban J connectivity index is 2.50. The van der Waals surface area contributed by atoms with Crippen molar-refractivity contribution in [2.75, 3.05) is 0 Å². The topological polar surface area (TPSA) is 108 Å². The molecule has 1 aliphatic carbocycles. The molecule has 0 heterocycles. The molecular weight excluding hydrogens is 150 g/mol. The Labute approximate surface area is 62.8 Å². The summed E-state index contributed by atoms with van der Waals surface area (Å²) in [6, 6.07) is 0. The van der Waals surface area contributed by atoms with Gasteiger partial charge < -0.3 is 25.5 Å². The maximum Gasteiger partial charge on any atom is 0.136 e. The van der Waals surface area contributed by atoms with Gasteiger partial charge in [-0.15, -0.1) is 0 Å². The minimum Gasteiger partial charge on any atom is -0.550 e. The van der Waals surface area contributed by atoms with Crippen LogP contribution in [0.5, 0.6) is 0 Å². The molecule has 0 aromatic heterocycles. The van der Waals surface area contributed by atoms with Gasteiger partial charge in [-0.05, 0) is 0 Å². The van der Waals surface area contributed by atoms with E-state index in [4.69, 9.17) is 0 Å². The smallest absolute Gasteiger partial charge is 0.136 e. The molecule has 11 heavy (non-hydrogen) atoms. The number of hydrogen-bond donors (Lipinski definition) is 1. The Bertz CT molecular complexity index is 207. The number of carboxylic acid groups (broad SMARTS) is 2. The normalized spacial score (nSPS) is 35.9. The lowest BCUT2D eigenvalue weighted by Crippen LogP contribution is -2.85. The third-order valence-electron chi connectivity index (χ3n) is 2.04. The molecule has 0 amide bonds. The van der Waals surface area contributed by atoms with Crippen LogP contribution in [0.2, 0.25) is 0 Å². The molecule has 0 unspecified atom stereocenters. The van der Waals surface area contributed by atoms with E-state index in [9.17, 15) is 19.8 Å². The van der Waals surface area contributed by atoms with E-state index in [2.05, 4.69) is 5.73 Å². The van der Waals surface area contributed by atoms with Crippen molar-refractivity contribution in [3.63, 3.8) is 0 Å². The van der Waals surface area contributed by atoms with Gasteiger partial charge in [0.25, 0.3) is 0 Å². The second-order valence-corrected chi connectivity index (χ2v) is 2.99. The van der Waals surface area contributed by atoms with Crippen LogP contribution in [0.1, 0.15) is 12.8 Å². The highest BCUT2D eigenvalue weighted by molar-refractivity contribution is 5.80. The number of carboxylic acids is 2. The molecule has 0 aliphatic heterocycles. The molecule has 1 aliphatic rings. The zero-order valence-electron chi connectivity index (χ0n) is 5.83. The molecule has 0 bridgehead atoms. The molecule has 1 saturated carbocycles. The first kappa shape index (κ1) is 8.00. The Kier molecular flexibility index (Phi) is 1.60. The quantitative estimate of drug-likeness (QED) is 0.440. The third kappa shape index (κ3) is 1.19. The molecule has 0 aromatic rings. The van der Waals surface area contributed by atoms with Gasteiger partial charge in [0.1, 0.15) is 11.5 Å². The summed E-state index contributed by atoms with van der Waals surface area (Å²) in [7, 11) is 0. The highest BCUT2D eigenvalue weighted by atomic mass is 16.4. The molecule has 0 atom stereocenters. The number of carbonyl (C=O) groups is 2. The third-order valence-corrected chi connectivity index (χ3v) is 2.04. The fourth-order valence-corrected chi connectivity index (χ4v) is 1.22. The Morgan fingerprint density at radius 3 is 2.09 bits per heavy atom.